The van der Waals surface area contributed by atoms with Gasteiger partial charge in [-0.2, -0.15) is 5.26 Å². The fourth-order valence-electron chi connectivity index (χ4n) is 1.57. The van der Waals surface area contributed by atoms with Crippen molar-refractivity contribution in [1.29, 1.82) is 5.26 Å². The molecular formula is C11H11N3O2. The predicted octanol–water partition coefficient (Wildman–Crippen LogP) is 0.426. The topological polar surface area (TPSA) is 66.2 Å². The Labute approximate surface area is 93.3 Å². The number of aromatic nitrogens is 1. The standard InChI is InChI=1S/C11H11N3O2/c12-8-10-7-9(1-2-13-10)11(15)14-3-5-16-6-4-14/h1-2,7H,3-6H2. The molecule has 82 valence electrons. The van der Waals surface area contributed by atoms with E-state index in [1.165, 1.54) is 12.3 Å². The lowest BCUT2D eigenvalue weighted by Crippen LogP contribution is -2.40. The molecule has 1 saturated heterocycles. The van der Waals surface area contributed by atoms with Crippen LogP contribution in [0.1, 0.15) is 16.1 Å². The van der Waals surface area contributed by atoms with Crippen LogP contribution in [0.4, 0.5) is 0 Å². The molecule has 0 atom stereocenters. The average molecular weight is 217 g/mol. The smallest absolute Gasteiger partial charge is 0.254 e. The van der Waals surface area contributed by atoms with Crippen LogP contribution in [0, 0.1) is 11.3 Å². The van der Waals surface area contributed by atoms with E-state index in [4.69, 9.17) is 10.00 Å². The summed E-state index contributed by atoms with van der Waals surface area (Å²) in [4.78, 5) is 17.6. The van der Waals surface area contributed by atoms with Gasteiger partial charge in [-0.15, -0.1) is 0 Å². The van der Waals surface area contributed by atoms with Gasteiger partial charge in [-0.1, -0.05) is 0 Å². The maximum absolute atomic E-state index is 12.0. The van der Waals surface area contributed by atoms with Crippen molar-refractivity contribution < 1.29 is 9.53 Å². The van der Waals surface area contributed by atoms with Gasteiger partial charge < -0.3 is 9.64 Å². The number of carbonyl (C=O) groups excluding carboxylic acids is 1. The fourth-order valence-corrected chi connectivity index (χ4v) is 1.57. The average Bonchev–Trinajstić information content (AvgIpc) is 2.39. The van der Waals surface area contributed by atoms with Crippen LogP contribution in [-0.2, 0) is 4.74 Å². The summed E-state index contributed by atoms with van der Waals surface area (Å²) in [6, 6.07) is 5.05. The summed E-state index contributed by atoms with van der Waals surface area (Å²) < 4.78 is 5.17. The maximum atomic E-state index is 12.0. The summed E-state index contributed by atoms with van der Waals surface area (Å²) in [6.07, 6.45) is 1.48. The van der Waals surface area contributed by atoms with Crippen molar-refractivity contribution in [2.75, 3.05) is 26.3 Å². The van der Waals surface area contributed by atoms with E-state index in [2.05, 4.69) is 4.98 Å². The molecule has 1 aromatic rings. The molecule has 1 amide bonds. The van der Waals surface area contributed by atoms with Crippen molar-refractivity contribution in [3.05, 3.63) is 29.6 Å². The zero-order chi connectivity index (χ0) is 11.4. The van der Waals surface area contributed by atoms with E-state index in [1.807, 2.05) is 6.07 Å². The number of morpholine rings is 1. The molecule has 16 heavy (non-hydrogen) atoms. The van der Waals surface area contributed by atoms with Crippen LogP contribution in [0.5, 0.6) is 0 Å². The number of nitrogens with zero attached hydrogens (tertiary/aromatic N) is 3. The molecule has 0 aliphatic carbocycles. The highest BCUT2D eigenvalue weighted by Crippen LogP contribution is 2.07. The SMILES string of the molecule is N#Cc1cc(C(=O)N2CCOCC2)ccn1. The van der Waals surface area contributed by atoms with Gasteiger partial charge in [-0.05, 0) is 12.1 Å². The highest BCUT2D eigenvalue weighted by atomic mass is 16.5. The van der Waals surface area contributed by atoms with Crippen molar-refractivity contribution in [3.8, 4) is 6.07 Å². The van der Waals surface area contributed by atoms with E-state index >= 15 is 0 Å². The molecule has 0 N–H and O–H groups in total. The first kappa shape index (κ1) is 10.6. The Morgan fingerprint density at radius 1 is 1.50 bits per heavy atom. The first-order chi connectivity index (χ1) is 7.81. The highest BCUT2D eigenvalue weighted by molar-refractivity contribution is 5.94. The van der Waals surface area contributed by atoms with Gasteiger partial charge in [0.15, 0.2) is 0 Å². The highest BCUT2D eigenvalue weighted by Gasteiger charge is 2.18. The summed E-state index contributed by atoms with van der Waals surface area (Å²) in [5.74, 6) is -0.0674. The van der Waals surface area contributed by atoms with Gasteiger partial charge in [-0.25, -0.2) is 4.98 Å². The quantitative estimate of drug-likeness (QED) is 0.684. The third kappa shape index (κ3) is 2.18. The van der Waals surface area contributed by atoms with Crippen LogP contribution in [0.15, 0.2) is 18.3 Å². The molecule has 0 saturated carbocycles. The molecule has 1 aliphatic heterocycles. The first-order valence-electron chi connectivity index (χ1n) is 5.04. The number of pyridine rings is 1. The number of carbonyl (C=O) groups is 1. The van der Waals surface area contributed by atoms with E-state index in [0.29, 0.717) is 31.9 Å². The molecule has 1 aromatic heterocycles. The second kappa shape index (κ2) is 4.73. The van der Waals surface area contributed by atoms with E-state index in [1.54, 1.807) is 11.0 Å². The van der Waals surface area contributed by atoms with Crippen molar-refractivity contribution in [1.82, 2.24) is 9.88 Å². The predicted molar refractivity (Wildman–Crippen MR) is 55.7 cm³/mol. The number of hydrogen-bond acceptors (Lipinski definition) is 4. The molecule has 2 rings (SSSR count). The Morgan fingerprint density at radius 2 is 2.25 bits per heavy atom. The van der Waals surface area contributed by atoms with Crippen LogP contribution < -0.4 is 0 Å². The molecular weight excluding hydrogens is 206 g/mol. The Balaban J connectivity index is 2.16. The molecule has 0 aromatic carbocycles. The van der Waals surface area contributed by atoms with E-state index in [9.17, 15) is 4.79 Å². The van der Waals surface area contributed by atoms with Gasteiger partial charge in [-0.3, -0.25) is 4.79 Å². The fraction of sp³-hybridized carbons (Fsp3) is 0.364. The Bertz CT molecular complexity index is 433. The summed E-state index contributed by atoms with van der Waals surface area (Å²) in [6.45, 7) is 2.34. The zero-order valence-corrected chi connectivity index (χ0v) is 8.72. The van der Waals surface area contributed by atoms with Gasteiger partial charge >= 0.3 is 0 Å². The number of rotatable bonds is 1. The zero-order valence-electron chi connectivity index (χ0n) is 8.72. The van der Waals surface area contributed by atoms with Crippen LogP contribution in [0.25, 0.3) is 0 Å². The molecule has 1 fully saturated rings. The van der Waals surface area contributed by atoms with Gasteiger partial charge in [0.25, 0.3) is 5.91 Å². The van der Waals surface area contributed by atoms with Gasteiger partial charge in [0.2, 0.25) is 0 Å². The molecule has 5 heteroatoms. The minimum atomic E-state index is -0.0674. The Hall–Kier alpha value is -1.93. The molecule has 0 bridgehead atoms. The molecule has 0 spiro atoms. The minimum Gasteiger partial charge on any atom is -0.378 e. The van der Waals surface area contributed by atoms with E-state index in [0.717, 1.165) is 0 Å². The van der Waals surface area contributed by atoms with Crippen LogP contribution in [-0.4, -0.2) is 42.1 Å². The Kier molecular flexibility index (Phi) is 3.13. The van der Waals surface area contributed by atoms with Crippen LogP contribution in [0.2, 0.25) is 0 Å². The van der Waals surface area contributed by atoms with Crippen molar-refractivity contribution in [2.45, 2.75) is 0 Å². The van der Waals surface area contributed by atoms with E-state index < -0.39 is 0 Å². The third-order valence-electron chi connectivity index (χ3n) is 2.42. The summed E-state index contributed by atoms with van der Waals surface area (Å²) in [5, 5.41) is 8.70. The summed E-state index contributed by atoms with van der Waals surface area (Å²) in [5.41, 5.74) is 0.771. The number of nitriles is 1. The second-order valence-corrected chi connectivity index (χ2v) is 3.45. The molecule has 5 nitrogen and oxygen atoms in total. The summed E-state index contributed by atoms with van der Waals surface area (Å²) in [7, 11) is 0. The van der Waals surface area contributed by atoms with Crippen molar-refractivity contribution >= 4 is 5.91 Å². The number of amides is 1. The number of ether oxygens (including phenoxy) is 1. The maximum Gasteiger partial charge on any atom is 0.254 e. The largest absolute Gasteiger partial charge is 0.378 e. The lowest BCUT2D eigenvalue weighted by atomic mass is 10.2. The van der Waals surface area contributed by atoms with Crippen LogP contribution >= 0.6 is 0 Å². The summed E-state index contributed by atoms with van der Waals surface area (Å²) >= 11 is 0. The lowest BCUT2D eigenvalue weighted by molar-refractivity contribution is 0.0303. The lowest BCUT2D eigenvalue weighted by Gasteiger charge is -2.26. The normalized spacial score (nSPS) is 15.6. The minimum absolute atomic E-state index is 0.0674. The monoisotopic (exact) mass is 217 g/mol. The molecule has 0 unspecified atom stereocenters. The van der Waals surface area contributed by atoms with Gasteiger partial charge in [0.1, 0.15) is 11.8 Å². The van der Waals surface area contributed by atoms with Crippen molar-refractivity contribution in [3.63, 3.8) is 0 Å². The molecule has 2 heterocycles. The first-order valence-corrected chi connectivity index (χ1v) is 5.04. The second-order valence-electron chi connectivity index (χ2n) is 3.45. The van der Waals surface area contributed by atoms with Crippen molar-refractivity contribution in [2.24, 2.45) is 0 Å². The molecule has 1 aliphatic rings. The third-order valence-corrected chi connectivity index (χ3v) is 2.42. The van der Waals surface area contributed by atoms with Gasteiger partial charge in [0.05, 0.1) is 13.2 Å². The number of hydrogen-bond donors (Lipinski definition) is 0. The molecule has 0 radical (unpaired) electrons. The van der Waals surface area contributed by atoms with E-state index in [-0.39, 0.29) is 11.6 Å². The van der Waals surface area contributed by atoms with Gasteiger partial charge in [0, 0.05) is 24.8 Å². The Morgan fingerprint density at radius 3 is 2.94 bits per heavy atom. The van der Waals surface area contributed by atoms with Crippen LogP contribution in [0.3, 0.4) is 0 Å².